The lowest BCUT2D eigenvalue weighted by Crippen LogP contribution is -2.19. The van der Waals surface area contributed by atoms with Crippen LogP contribution in [0.5, 0.6) is 5.75 Å². The highest BCUT2D eigenvalue weighted by atomic mass is 16.5. The minimum absolute atomic E-state index is 0.124. The quantitative estimate of drug-likeness (QED) is 0.709. The van der Waals surface area contributed by atoms with E-state index in [1.807, 2.05) is 67.8 Å². The molecule has 0 spiro atoms. The second-order valence-electron chi connectivity index (χ2n) is 6.59. The molecule has 1 unspecified atom stereocenters. The highest BCUT2D eigenvalue weighted by molar-refractivity contribution is 5.78. The predicted molar refractivity (Wildman–Crippen MR) is 99.7 cm³/mol. The molecule has 2 heterocycles. The number of rotatable bonds is 5. The molecule has 1 aromatic heterocycles. The van der Waals surface area contributed by atoms with Crippen LogP contribution >= 0.6 is 0 Å². The molecule has 1 fully saturated rings. The molecule has 5 heteroatoms. The number of amides is 1. The number of likely N-dealkylation sites (tertiary alicyclic amines) is 1. The molecule has 0 N–H and O–H groups in total. The lowest BCUT2D eigenvalue weighted by Gasteiger charge is -2.15. The summed E-state index contributed by atoms with van der Waals surface area (Å²) in [6, 6.07) is 18.2. The minimum atomic E-state index is 0.124. The average molecular weight is 347 g/mol. The zero-order valence-corrected chi connectivity index (χ0v) is 14.7. The molecule has 1 aliphatic rings. The van der Waals surface area contributed by atoms with Gasteiger partial charge in [0.1, 0.15) is 18.2 Å². The Morgan fingerprint density at radius 3 is 2.77 bits per heavy atom. The molecule has 26 heavy (non-hydrogen) atoms. The highest BCUT2D eigenvalue weighted by Crippen LogP contribution is 2.29. The first-order chi connectivity index (χ1) is 12.7. The van der Waals surface area contributed by atoms with Crippen LogP contribution in [-0.2, 0) is 11.4 Å². The Bertz CT molecular complexity index is 904. The Hall–Kier alpha value is -3.08. The van der Waals surface area contributed by atoms with Crippen LogP contribution in [0.2, 0.25) is 0 Å². The minimum Gasteiger partial charge on any atom is -0.489 e. The van der Waals surface area contributed by atoms with Gasteiger partial charge in [0.25, 0.3) is 0 Å². The monoisotopic (exact) mass is 347 g/mol. The molecule has 132 valence electrons. The maximum absolute atomic E-state index is 11.9. The topological polar surface area (TPSA) is 47.4 Å². The molecule has 0 aliphatic carbocycles. The third kappa shape index (κ3) is 3.33. The summed E-state index contributed by atoms with van der Waals surface area (Å²) in [7, 11) is 1.84. The maximum Gasteiger partial charge on any atom is 0.224 e. The van der Waals surface area contributed by atoms with Gasteiger partial charge >= 0.3 is 0 Å². The second-order valence-corrected chi connectivity index (χ2v) is 6.59. The number of hydrogen-bond acceptors (Lipinski definition) is 3. The van der Waals surface area contributed by atoms with Gasteiger partial charge in [0.05, 0.1) is 6.04 Å². The molecule has 5 nitrogen and oxygen atoms in total. The highest BCUT2D eigenvalue weighted by Gasteiger charge is 2.29. The molecule has 0 radical (unpaired) electrons. The smallest absolute Gasteiger partial charge is 0.224 e. The molecule has 4 rings (SSSR count). The average Bonchev–Trinajstić information content (AvgIpc) is 3.28. The van der Waals surface area contributed by atoms with E-state index in [1.54, 1.807) is 11.1 Å². The fourth-order valence-corrected chi connectivity index (χ4v) is 3.32. The van der Waals surface area contributed by atoms with E-state index in [1.165, 1.54) is 0 Å². The lowest BCUT2D eigenvalue weighted by molar-refractivity contribution is -0.126. The summed E-state index contributed by atoms with van der Waals surface area (Å²) in [6.45, 7) is 1.24. The number of likely N-dealkylation sites (N-methyl/N-ethyl adjacent to an activating group) is 1. The third-order valence-electron chi connectivity index (χ3n) is 4.72. The van der Waals surface area contributed by atoms with Gasteiger partial charge in [0, 0.05) is 38.0 Å². The molecule has 0 bridgehead atoms. The van der Waals surface area contributed by atoms with Crippen LogP contribution in [0.15, 0.2) is 67.0 Å². The number of nitrogens with zero attached hydrogens (tertiary/aromatic N) is 3. The molecular formula is C21H21N3O2. The molecule has 0 saturated carbocycles. The fourth-order valence-electron chi connectivity index (χ4n) is 3.32. The first kappa shape index (κ1) is 16.4. The SMILES string of the molecule is CN1CC(n2ccnc2-c2cccc(OCc3ccccc3)c2)CC1=O. The van der Waals surface area contributed by atoms with Crippen LogP contribution < -0.4 is 4.74 Å². The third-order valence-corrected chi connectivity index (χ3v) is 4.72. The van der Waals surface area contributed by atoms with Crippen LogP contribution in [0.25, 0.3) is 11.4 Å². The van der Waals surface area contributed by atoms with E-state index < -0.39 is 0 Å². The van der Waals surface area contributed by atoms with Crippen molar-refractivity contribution in [2.24, 2.45) is 0 Å². The van der Waals surface area contributed by atoms with Crippen molar-refractivity contribution in [3.63, 3.8) is 0 Å². The van der Waals surface area contributed by atoms with E-state index >= 15 is 0 Å². The van der Waals surface area contributed by atoms with Gasteiger partial charge in [-0.3, -0.25) is 4.79 Å². The van der Waals surface area contributed by atoms with Gasteiger partial charge in [-0.05, 0) is 17.7 Å². The summed E-state index contributed by atoms with van der Waals surface area (Å²) in [4.78, 5) is 18.2. The summed E-state index contributed by atoms with van der Waals surface area (Å²) in [6.07, 6.45) is 4.25. The standard InChI is InChI=1S/C21H21N3O2/c1-23-14-18(13-20(23)25)24-11-10-22-21(24)17-8-5-9-19(12-17)26-15-16-6-3-2-4-7-16/h2-12,18H,13-15H2,1H3. The van der Waals surface area contributed by atoms with E-state index in [4.69, 9.17) is 4.74 Å². The normalized spacial score (nSPS) is 16.9. The molecule has 1 aliphatic heterocycles. The van der Waals surface area contributed by atoms with Crippen LogP contribution in [0.1, 0.15) is 18.0 Å². The largest absolute Gasteiger partial charge is 0.489 e. The Kier molecular flexibility index (Phi) is 4.44. The fraction of sp³-hybridized carbons (Fsp3) is 0.238. The van der Waals surface area contributed by atoms with Crippen molar-refractivity contribution >= 4 is 5.91 Å². The Morgan fingerprint density at radius 1 is 1.15 bits per heavy atom. The van der Waals surface area contributed by atoms with Gasteiger partial charge in [-0.25, -0.2) is 4.98 Å². The van der Waals surface area contributed by atoms with Gasteiger partial charge in [-0.15, -0.1) is 0 Å². The molecule has 3 aromatic rings. The first-order valence-corrected chi connectivity index (χ1v) is 8.74. The van der Waals surface area contributed by atoms with Crippen molar-refractivity contribution < 1.29 is 9.53 Å². The van der Waals surface area contributed by atoms with Crippen molar-refractivity contribution in [3.05, 3.63) is 72.6 Å². The maximum atomic E-state index is 11.9. The van der Waals surface area contributed by atoms with Crippen LogP contribution in [0, 0.1) is 0 Å². The van der Waals surface area contributed by atoms with E-state index in [9.17, 15) is 4.79 Å². The summed E-state index contributed by atoms with van der Waals surface area (Å²) < 4.78 is 8.03. The van der Waals surface area contributed by atoms with Gasteiger partial charge in [0.15, 0.2) is 0 Å². The van der Waals surface area contributed by atoms with Crippen molar-refractivity contribution in [1.29, 1.82) is 0 Å². The zero-order chi connectivity index (χ0) is 17.9. The molecule has 1 atom stereocenters. The number of hydrogen-bond donors (Lipinski definition) is 0. The number of aromatic nitrogens is 2. The zero-order valence-electron chi connectivity index (χ0n) is 14.7. The molecular weight excluding hydrogens is 326 g/mol. The Balaban J connectivity index is 1.54. The van der Waals surface area contributed by atoms with Gasteiger partial charge in [-0.1, -0.05) is 42.5 Å². The molecule has 1 saturated heterocycles. The first-order valence-electron chi connectivity index (χ1n) is 8.74. The van der Waals surface area contributed by atoms with Crippen molar-refractivity contribution in [2.75, 3.05) is 13.6 Å². The molecule has 2 aromatic carbocycles. The number of carbonyl (C=O) groups is 1. The lowest BCUT2D eigenvalue weighted by atomic mass is 10.1. The van der Waals surface area contributed by atoms with Crippen molar-refractivity contribution in [2.45, 2.75) is 19.1 Å². The van der Waals surface area contributed by atoms with E-state index in [-0.39, 0.29) is 11.9 Å². The van der Waals surface area contributed by atoms with Gasteiger partial charge < -0.3 is 14.2 Å². The van der Waals surface area contributed by atoms with Gasteiger partial charge in [-0.2, -0.15) is 0 Å². The number of benzene rings is 2. The number of imidazole rings is 1. The van der Waals surface area contributed by atoms with Crippen LogP contribution in [0.3, 0.4) is 0 Å². The van der Waals surface area contributed by atoms with Crippen LogP contribution in [0.4, 0.5) is 0 Å². The summed E-state index contributed by atoms with van der Waals surface area (Å²) >= 11 is 0. The Morgan fingerprint density at radius 2 is 2.00 bits per heavy atom. The summed E-state index contributed by atoms with van der Waals surface area (Å²) in [5.41, 5.74) is 2.12. The van der Waals surface area contributed by atoms with E-state index in [0.717, 1.165) is 22.7 Å². The van der Waals surface area contributed by atoms with Crippen molar-refractivity contribution in [1.82, 2.24) is 14.5 Å². The summed E-state index contributed by atoms with van der Waals surface area (Å²) in [5, 5.41) is 0. The second kappa shape index (κ2) is 7.04. The number of ether oxygens (including phenoxy) is 1. The van der Waals surface area contributed by atoms with Crippen molar-refractivity contribution in [3.8, 4) is 17.1 Å². The van der Waals surface area contributed by atoms with Crippen LogP contribution in [-0.4, -0.2) is 34.0 Å². The van der Waals surface area contributed by atoms with E-state index in [2.05, 4.69) is 9.55 Å². The molecule has 1 amide bonds. The van der Waals surface area contributed by atoms with E-state index in [0.29, 0.717) is 19.6 Å². The Labute approximate surface area is 152 Å². The van der Waals surface area contributed by atoms with Gasteiger partial charge in [0.2, 0.25) is 5.91 Å². The predicted octanol–water partition coefficient (Wildman–Crippen LogP) is 3.53. The summed E-state index contributed by atoms with van der Waals surface area (Å²) in [5.74, 6) is 1.85. The number of carbonyl (C=O) groups excluding carboxylic acids is 1.